The molecule has 0 atom stereocenters. The summed E-state index contributed by atoms with van der Waals surface area (Å²) in [5, 5.41) is 5.92. The number of nitrogens with one attached hydrogen (secondary N) is 2. The predicted octanol–water partition coefficient (Wildman–Crippen LogP) is 3.97. The molecule has 2 N–H and O–H groups in total. The Morgan fingerprint density at radius 1 is 1.04 bits per heavy atom. The normalized spacial score (nSPS) is 10.0. The van der Waals surface area contributed by atoms with Crippen LogP contribution < -0.4 is 15.4 Å². The van der Waals surface area contributed by atoms with E-state index in [1.807, 2.05) is 0 Å². The summed E-state index contributed by atoms with van der Waals surface area (Å²) in [4.78, 5) is 22.9. The van der Waals surface area contributed by atoms with E-state index in [0.717, 1.165) is 0 Å². The van der Waals surface area contributed by atoms with Crippen LogP contribution in [-0.4, -0.2) is 18.4 Å². The molecule has 0 saturated carbocycles. The van der Waals surface area contributed by atoms with Crippen LogP contribution >= 0.6 is 23.2 Å². The van der Waals surface area contributed by atoms with E-state index in [2.05, 4.69) is 10.6 Å². The van der Waals surface area contributed by atoms with Gasteiger partial charge >= 0.3 is 0 Å². The number of anilines is 2. The lowest BCUT2D eigenvalue weighted by atomic mass is 10.2. The van der Waals surface area contributed by atoms with Crippen LogP contribution in [-0.2, 0) is 9.59 Å². The first-order valence-electron chi connectivity index (χ1n) is 6.70. The minimum atomic E-state index is -0.360. The van der Waals surface area contributed by atoms with Crippen molar-refractivity contribution in [3.05, 3.63) is 52.5 Å². The number of ether oxygens (including phenoxy) is 1. The van der Waals surface area contributed by atoms with Crippen LogP contribution in [0.3, 0.4) is 0 Å². The van der Waals surface area contributed by atoms with E-state index in [4.69, 9.17) is 27.9 Å². The highest BCUT2D eigenvalue weighted by Gasteiger charge is 2.09. The third kappa shape index (κ3) is 5.16. The molecule has 0 aliphatic heterocycles. The van der Waals surface area contributed by atoms with Crippen molar-refractivity contribution in [1.82, 2.24) is 0 Å². The molecule has 2 amide bonds. The maximum absolute atomic E-state index is 11.9. The van der Waals surface area contributed by atoms with Gasteiger partial charge in [-0.25, -0.2) is 0 Å². The number of carbonyl (C=O) groups is 2. The molecule has 0 unspecified atom stereocenters. The molecular formula is C16H14Cl2N2O3. The summed E-state index contributed by atoms with van der Waals surface area (Å²) >= 11 is 11.8. The first kappa shape index (κ1) is 17.1. The van der Waals surface area contributed by atoms with Gasteiger partial charge in [0.2, 0.25) is 5.91 Å². The molecule has 5 nitrogen and oxygen atoms in total. The molecule has 0 aliphatic rings. The van der Waals surface area contributed by atoms with Crippen LogP contribution in [0.25, 0.3) is 0 Å². The van der Waals surface area contributed by atoms with Gasteiger partial charge in [-0.05, 0) is 30.3 Å². The SMILES string of the molecule is CC(=O)Nc1cccc(NC(=O)COc2cccc(Cl)c2Cl)c1. The lowest BCUT2D eigenvalue weighted by Crippen LogP contribution is -2.20. The topological polar surface area (TPSA) is 67.4 Å². The molecular weight excluding hydrogens is 339 g/mol. The van der Waals surface area contributed by atoms with Crippen LogP contribution in [0, 0.1) is 0 Å². The fraction of sp³-hybridized carbons (Fsp3) is 0.125. The van der Waals surface area contributed by atoms with Gasteiger partial charge in [0.15, 0.2) is 6.61 Å². The molecule has 7 heteroatoms. The summed E-state index contributed by atoms with van der Waals surface area (Å²) in [5.41, 5.74) is 1.14. The number of hydrogen-bond donors (Lipinski definition) is 2. The molecule has 2 aromatic rings. The first-order chi connectivity index (χ1) is 11.0. The van der Waals surface area contributed by atoms with E-state index in [9.17, 15) is 9.59 Å². The number of rotatable bonds is 5. The molecule has 120 valence electrons. The van der Waals surface area contributed by atoms with Gasteiger partial charge in [0.1, 0.15) is 10.8 Å². The molecule has 0 aromatic heterocycles. The smallest absolute Gasteiger partial charge is 0.262 e. The predicted molar refractivity (Wildman–Crippen MR) is 91.3 cm³/mol. The number of halogens is 2. The van der Waals surface area contributed by atoms with Crippen molar-refractivity contribution >= 4 is 46.4 Å². The molecule has 23 heavy (non-hydrogen) atoms. The van der Waals surface area contributed by atoms with Gasteiger partial charge in [-0.1, -0.05) is 35.3 Å². The van der Waals surface area contributed by atoms with Gasteiger partial charge in [-0.15, -0.1) is 0 Å². The van der Waals surface area contributed by atoms with Crippen LogP contribution in [0.5, 0.6) is 5.75 Å². The number of hydrogen-bond acceptors (Lipinski definition) is 3. The molecule has 2 rings (SSSR count). The van der Waals surface area contributed by atoms with E-state index in [1.54, 1.807) is 42.5 Å². The molecule has 0 heterocycles. The van der Waals surface area contributed by atoms with Crippen molar-refractivity contribution in [3.8, 4) is 5.75 Å². The van der Waals surface area contributed by atoms with Crippen molar-refractivity contribution < 1.29 is 14.3 Å². The molecule has 0 fully saturated rings. The molecule has 0 radical (unpaired) electrons. The van der Waals surface area contributed by atoms with E-state index in [1.165, 1.54) is 6.92 Å². The number of benzene rings is 2. The summed E-state index contributed by atoms with van der Waals surface area (Å²) in [6, 6.07) is 11.7. The van der Waals surface area contributed by atoms with E-state index < -0.39 is 0 Å². The Hall–Kier alpha value is -2.24. The second-order valence-electron chi connectivity index (χ2n) is 4.65. The number of amides is 2. The summed E-state index contributed by atoms with van der Waals surface area (Å²) in [7, 11) is 0. The third-order valence-electron chi connectivity index (χ3n) is 2.74. The highest BCUT2D eigenvalue weighted by Crippen LogP contribution is 2.31. The summed E-state index contributed by atoms with van der Waals surface area (Å²) < 4.78 is 5.35. The van der Waals surface area contributed by atoms with Gasteiger partial charge in [0, 0.05) is 18.3 Å². The fourth-order valence-electron chi connectivity index (χ4n) is 1.81. The van der Waals surface area contributed by atoms with E-state index in [-0.39, 0.29) is 23.4 Å². The van der Waals surface area contributed by atoms with Crippen molar-refractivity contribution in [1.29, 1.82) is 0 Å². The van der Waals surface area contributed by atoms with Crippen molar-refractivity contribution in [3.63, 3.8) is 0 Å². The van der Waals surface area contributed by atoms with Gasteiger partial charge < -0.3 is 15.4 Å². The number of carbonyl (C=O) groups excluding carboxylic acids is 2. The first-order valence-corrected chi connectivity index (χ1v) is 7.45. The zero-order chi connectivity index (χ0) is 16.8. The highest BCUT2D eigenvalue weighted by molar-refractivity contribution is 6.42. The Morgan fingerprint density at radius 2 is 1.70 bits per heavy atom. The van der Waals surface area contributed by atoms with E-state index in [0.29, 0.717) is 22.1 Å². The summed E-state index contributed by atoms with van der Waals surface area (Å²) in [6.07, 6.45) is 0. The second kappa shape index (κ2) is 7.85. The summed E-state index contributed by atoms with van der Waals surface area (Å²) in [6.45, 7) is 1.19. The summed E-state index contributed by atoms with van der Waals surface area (Å²) in [5.74, 6) is -0.213. The molecule has 0 bridgehead atoms. The van der Waals surface area contributed by atoms with Crippen LogP contribution in [0.4, 0.5) is 11.4 Å². The van der Waals surface area contributed by atoms with Gasteiger partial charge in [0.25, 0.3) is 5.91 Å². The van der Waals surface area contributed by atoms with Crippen molar-refractivity contribution in [2.75, 3.05) is 17.2 Å². The minimum absolute atomic E-state index is 0.188. The lowest BCUT2D eigenvalue weighted by molar-refractivity contribution is -0.118. The van der Waals surface area contributed by atoms with Crippen LogP contribution in [0.1, 0.15) is 6.92 Å². The van der Waals surface area contributed by atoms with Gasteiger partial charge in [0.05, 0.1) is 5.02 Å². The Bertz CT molecular complexity index is 735. The Labute approximate surface area is 143 Å². The second-order valence-corrected chi connectivity index (χ2v) is 5.44. The largest absolute Gasteiger partial charge is 0.482 e. The maximum Gasteiger partial charge on any atom is 0.262 e. The van der Waals surface area contributed by atoms with Crippen molar-refractivity contribution in [2.24, 2.45) is 0 Å². The average molecular weight is 353 g/mol. The average Bonchev–Trinajstić information content (AvgIpc) is 2.48. The molecule has 0 saturated heterocycles. The van der Waals surface area contributed by atoms with Gasteiger partial charge in [-0.2, -0.15) is 0 Å². The monoisotopic (exact) mass is 352 g/mol. The quantitative estimate of drug-likeness (QED) is 0.855. The van der Waals surface area contributed by atoms with Crippen LogP contribution in [0.15, 0.2) is 42.5 Å². The zero-order valence-electron chi connectivity index (χ0n) is 12.2. The standard InChI is InChI=1S/C16H14Cl2N2O3/c1-10(21)19-11-4-2-5-12(8-11)20-15(22)9-23-14-7-3-6-13(17)16(14)18/h2-8H,9H2,1H3,(H,19,21)(H,20,22). The Balaban J connectivity index is 1.94. The van der Waals surface area contributed by atoms with Crippen molar-refractivity contribution in [2.45, 2.75) is 6.92 Å². The Morgan fingerprint density at radius 3 is 2.39 bits per heavy atom. The molecule has 2 aromatic carbocycles. The minimum Gasteiger partial charge on any atom is -0.482 e. The fourth-order valence-corrected chi connectivity index (χ4v) is 2.16. The zero-order valence-corrected chi connectivity index (χ0v) is 13.7. The van der Waals surface area contributed by atoms with E-state index >= 15 is 0 Å². The Kier molecular flexibility index (Phi) is 5.84. The lowest BCUT2D eigenvalue weighted by Gasteiger charge is -2.10. The third-order valence-corrected chi connectivity index (χ3v) is 3.54. The van der Waals surface area contributed by atoms with Gasteiger partial charge in [-0.3, -0.25) is 9.59 Å². The molecule has 0 spiro atoms. The van der Waals surface area contributed by atoms with Crippen LogP contribution in [0.2, 0.25) is 10.0 Å². The molecule has 0 aliphatic carbocycles. The highest BCUT2D eigenvalue weighted by atomic mass is 35.5. The maximum atomic E-state index is 11.9.